The van der Waals surface area contributed by atoms with Crippen LogP contribution in [-0.4, -0.2) is 40.9 Å². The van der Waals surface area contributed by atoms with Gasteiger partial charge in [-0.3, -0.25) is 4.99 Å². The first-order valence-corrected chi connectivity index (χ1v) is 9.14. The number of nitrogens with one attached hydrogen (secondary N) is 2. The maximum atomic E-state index is 5.70. The Hall–Kier alpha value is -3.09. The molecule has 0 spiro atoms. The van der Waals surface area contributed by atoms with Crippen LogP contribution in [0.3, 0.4) is 0 Å². The molecular weight excluding hydrogens is 358 g/mol. The Bertz CT molecular complexity index is 793. The summed E-state index contributed by atoms with van der Waals surface area (Å²) in [6.07, 6.45) is 0.949. The number of nitrogens with zero attached hydrogens (tertiary/aromatic N) is 1. The third kappa shape index (κ3) is 5.70. The number of ether oxygens (including phenoxy) is 4. The third-order valence-corrected chi connectivity index (χ3v) is 4.02. The van der Waals surface area contributed by atoms with Crippen LogP contribution in [0.25, 0.3) is 0 Å². The number of methoxy groups -OCH3 is 3. The molecule has 0 bridgehead atoms. The van der Waals surface area contributed by atoms with E-state index < -0.39 is 0 Å². The molecule has 2 N–H and O–H groups in total. The molecule has 0 atom stereocenters. The highest BCUT2D eigenvalue weighted by molar-refractivity contribution is 5.93. The van der Waals surface area contributed by atoms with Crippen molar-refractivity contribution in [1.82, 2.24) is 5.32 Å². The largest absolute Gasteiger partial charge is 0.493 e. The van der Waals surface area contributed by atoms with Crippen molar-refractivity contribution in [2.45, 2.75) is 19.9 Å². The van der Waals surface area contributed by atoms with Crippen LogP contribution in [0.5, 0.6) is 23.0 Å². The number of guanidine groups is 1. The summed E-state index contributed by atoms with van der Waals surface area (Å²) in [4.78, 5) is 4.26. The lowest BCUT2D eigenvalue weighted by Crippen LogP contribution is -2.30. The smallest absolute Gasteiger partial charge is 0.195 e. The molecule has 2 aromatic rings. The molecule has 28 heavy (non-hydrogen) atoms. The second-order valence-electron chi connectivity index (χ2n) is 5.95. The molecule has 0 saturated heterocycles. The molecule has 0 heterocycles. The van der Waals surface area contributed by atoms with Crippen LogP contribution in [-0.2, 0) is 6.54 Å². The Morgan fingerprint density at radius 3 is 2.21 bits per heavy atom. The van der Waals surface area contributed by atoms with Crippen molar-refractivity contribution >= 4 is 11.6 Å². The van der Waals surface area contributed by atoms with Crippen molar-refractivity contribution in [2.75, 3.05) is 40.3 Å². The van der Waals surface area contributed by atoms with Gasteiger partial charge in [0.25, 0.3) is 0 Å². The quantitative estimate of drug-likeness (QED) is 0.505. The zero-order valence-corrected chi connectivity index (χ0v) is 17.2. The van der Waals surface area contributed by atoms with Gasteiger partial charge >= 0.3 is 0 Å². The maximum absolute atomic E-state index is 5.70. The summed E-state index contributed by atoms with van der Waals surface area (Å²) >= 11 is 0. The van der Waals surface area contributed by atoms with Gasteiger partial charge < -0.3 is 29.6 Å². The number of aliphatic imine (C=N–C) groups is 1. The van der Waals surface area contributed by atoms with Crippen LogP contribution < -0.4 is 29.6 Å². The van der Waals surface area contributed by atoms with E-state index in [1.807, 2.05) is 36.4 Å². The topological polar surface area (TPSA) is 73.3 Å². The summed E-state index contributed by atoms with van der Waals surface area (Å²) in [5.74, 6) is 3.43. The van der Waals surface area contributed by atoms with Gasteiger partial charge in [0.15, 0.2) is 29.0 Å². The number of rotatable bonds is 9. The molecule has 7 heteroatoms. The maximum Gasteiger partial charge on any atom is 0.195 e. The molecule has 0 saturated carbocycles. The zero-order valence-electron chi connectivity index (χ0n) is 17.2. The first-order valence-electron chi connectivity index (χ1n) is 9.14. The summed E-state index contributed by atoms with van der Waals surface area (Å²) in [6, 6.07) is 11.5. The Balaban J connectivity index is 2.02. The summed E-state index contributed by atoms with van der Waals surface area (Å²) < 4.78 is 21.7. The molecular formula is C21H29N3O4. The number of anilines is 1. The van der Waals surface area contributed by atoms with Crippen LogP contribution in [0.15, 0.2) is 41.4 Å². The third-order valence-electron chi connectivity index (χ3n) is 4.02. The minimum Gasteiger partial charge on any atom is -0.493 e. The Labute approximate surface area is 166 Å². The van der Waals surface area contributed by atoms with E-state index in [0.29, 0.717) is 30.6 Å². The normalized spacial score (nSPS) is 11.0. The van der Waals surface area contributed by atoms with Gasteiger partial charge in [0.1, 0.15) is 0 Å². The lowest BCUT2D eigenvalue weighted by atomic mass is 10.2. The van der Waals surface area contributed by atoms with Crippen LogP contribution in [0, 0.1) is 0 Å². The second kappa shape index (κ2) is 10.9. The van der Waals surface area contributed by atoms with Crippen molar-refractivity contribution < 1.29 is 18.9 Å². The first-order chi connectivity index (χ1) is 13.6. The highest BCUT2D eigenvalue weighted by atomic mass is 16.5. The molecule has 0 aliphatic carbocycles. The van der Waals surface area contributed by atoms with E-state index >= 15 is 0 Å². The fourth-order valence-corrected chi connectivity index (χ4v) is 2.57. The van der Waals surface area contributed by atoms with Gasteiger partial charge in [0.05, 0.1) is 27.9 Å². The summed E-state index contributed by atoms with van der Waals surface area (Å²) in [5.41, 5.74) is 1.89. The Kier molecular flexibility index (Phi) is 8.27. The molecule has 152 valence electrons. The van der Waals surface area contributed by atoms with E-state index in [2.05, 4.69) is 22.5 Å². The molecule has 0 radical (unpaired) electrons. The molecule has 7 nitrogen and oxygen atoms in total. The summed E-state index contributed by atoms with van der Waals surface area (Å²) in [7, 11) is 6.58. The van der Waals surface area contributed by atoms with E-state index in [4.69, 9.17) is 18.9 Å². The predicted octanol–water partition coefficient (Wildman–Crippen LogP) is 3.69. The highest BCUT2D eigenvalue weighted by Crippen LogP contribution is 2.30. The van der Waals surface area contributed by atoms with Gasteiger partial charge in [0.2, 0.25) is 0 Å². The van der Waals surface area contributed by atoms with Gasteiger partial charge in [-0.2, -0.15) is 0 Å². The van der Waals surface area contributed by atoms with Gasteiger partial charge in [0, 0.05) is 25.3 Å². The summed E-state index contributed by atoms with van der Waals surface area (Å²) in [5, 5.41) is 6.52. The average molecular weight is 387 g/mol. The second-order valence-corrected chi connectivity index (χ2v) is 5.95. The van der Waals surface area contributed by atoms with Crippen LogP contribution in [0.1, 0.15) is 18.9 Å². The van der Waals surface area contributed by atoms with Crippen molar-refractivity contribution in [2.24, 2.45) is 4.99 Å². The SMILES string of the molecule is CCCOc1ccc(CNC(=NC)Nc2ccc(OC)c(OC)c2)cc1OC. The fourth-order valence-electron chi connectivity index (χ4n) is 2.57. The first kappa shape index (κ1) is 21.2. The van der Waals surface area contributed by atoms with Gasteiger partial charge in [-0.25, -0.2) is 0 Å². The Morgan fingerprint density at radius 1 is 0.893 bits per heavy atom. The van der Waals surface area contributed by atoms with Gasteiger partial charge in [-0.1, -0.05) is 13.0 Å². The van der Waals surface area contributed by atoms with E-state index in [1.165, 1.54) is 0 Å². The molecule has 0 amide bonds. The van der Waals surface area contributed by atoms with Crippen LogP contribution >= 0.6 is 0 Å². The van der Waals surface area contributed by atoms with Gasteiger partial charge in [-0.15, -0.1) is 0 Å². The summed E-state index contributed by atoms with van der Waals surface area (Å²) in [6.45, 7) is 3.31. The minimum atomic E-state index is 0.581. The molecule has 2 rings (SSSR count). The van der Waals surface area contributed by atoms with Crippen LogP contribution in [0.2, 0.25) is 0 Å². The van der Waals surface area contributed by atoms with Gasteiger partial charge in [-0.05, 0) is 36.2 Å². The van der Waals surface area contributed by atoms with E-state index in [1.54, 1.807) is 28.4 Å². The Morgan fingerprint density at radius 2 is 1.57 bits per heavy atom. The monoisotopic (exact) mass is 387 g/mol. The van der Waals surface area contributed by atoms with Crippen molar-refractivity contribution in [3.63, 3.8) is 0 Å². The number of benzene rings is 2. The van der Waals surface area contributed by atoms with Crippen molar-refractivity contribution in [3.8, 4) is 23.0 Å². The van der Waals surface area contributed by atoms with Crippen LogP contribution in [0.4, 0.5) is 5.69 Å². The van der Waals surface area contributed by atoms with E-state index in [9.17, 15) is 0 Å². The minimum absolute atomic E-state index is 0.581. The molecule has 2 aromatic carbocycles. The lowest BCUT2D eigenvalue weighted by Gasteiger charge is -2.15. The number of hydrogen-bond acceptors (Lipinski definition) is 5. The standard InChI is InChI=1S/C21H29N3O4/c1-6-11-28-18-9-7-15(12-19(18)26-4)14-23-21(22-2)24-16-8-10-17(25-3)20(13-16)27-5/h7-10,12-13H,6,11,14H2,1-5H3,(H2,22,23,24). The zero-order chi connectivity index (χ0) is 20.4. The van der Waals surface area contributed by atoms with Crippen molar-refractivity contribution in [3.05, 3.63) is 42.0 Å². The molecule has 0 aromatic heterocycles. The molecule has 0 fully saturated rings. The molecule has 0 aliphatic rings. The lowest BCUT2D eigenvalue weighted by molar-refractivity contribution is 0.294. The average Bonchev–Trinajstić information content (AvgIpc) is 2.75. The predicted molar refractivity (Wildman–Crippen MR) is 112 cm³/mol. The highest BCUT2D eigenvalue weighted by Gasteiger charge is 2.08. The van der Waals surface area contributed by atoms with Crippen molar-refractivity contribution in [1.29, 1.82) is 0 Å². The van der Waals surface area contributed by atoms with E-state index in [-0.39, 0.29) is 0 Å². The molecule has 0 unspecified atom stereocenters. The molecule has 0 aliphatic heterocycles. The number of hydrogen-bond donors (Lipinski definition) is 2. The fraction of sp³-hybridized carbons (Fsp3) is 0.381. The van der Waals surface area contributed by atoms with E-state index in [0.717, 1.165) is 29.2 Å².